The molecule has 12 rings (SSSR count). The number of benzene rings is 8. The van der Waals surface area contributed by atoms with Gasteiger partial charge >= 0.3 is 0 Å². The fourth-order valence-electron chi connectivity index (χ4n) is 8.78. The summed E-state index contributed by atoms with van der Waals surface area (Å²) in [6.07, 6.45) is 0. The quantitative estimate of drug-likeness (QED) is 0.177. The van der Waals surface area contributed by atoms with Gasteiger partial charge in [0.15, 0.2) is 5.82 Å². The molecule has 0 saturated carbocycles. The zero-order valence-corrected chi connectivity index (χ0v) is 30.7. The van der Waals surface area contributed by atoms with Crippen molar-refractivity contribution < 1.29 is 4.42 Å². The van der Waals surface area contributed by atoms with E-state index in [4.69, 9.17) is 14.4 Å². The second kappa shape index (κ2) is 12.4. The molecule has 0 aliphatic rings. The molecule has 5 nitrogen and oxygen atoms in total. The zero-order valence-electron chi connectivity index (χ0n) is 30.7. The van der Waals surface area contributed by atoms with Crippen LogP contribution in [0, 0.1) is 0 Å². The molecule has 0 saturated heterocycles. The highest BCUT2D eigenvalue weighted by Crippen LogP contribution is 2.42. The van der Waals surface area contributed by atoms with Crippen molar-refractivity contribution in [1.82, 2.24) is 19.1 Å². The molecule has 4 heterocycles. The molecule has 4 aromatic heterocycles. The summed E-state index contributed by atoms with van der Waals surface area (Å²) in [6.45, 7) is 0. The molecule has 8 aromatic carbocycles. The Kier molecular flexibility index (Phi) is 6.86. The summed E-state index contributed by atoms with van der Waals surface area (Å²) in [5, 5.41) is 7.18. The van der Waals surface area contributed by atoms with Crippen molar-refractivity contribution >= 4 is 65.6 Å². The molecular weight excluding hydrogens is 697 g/mol. The van der Waals surface area contributed by atoms with Gasteiger partial charge in [0.2, 0.25) is 0 Å². The summed E-state index contributed by atoms with van der Waals surface area (Å²) in [6, 6.07) is 68.3. The Morgan fingerprint density at radius 3 is 1.51 bits per heavy atom. The molecule has 0 spiro atoms. The largest absolute Gasteiger partial charge is 0.456 e. The normalized spacial score (nSPS) is 11.9. The van der Waals surface area contributed by atoms with Crippen molar-refractivity contribution in [2.45, 2.75) is 0 Å². The number of furan rings is 1. The smallest absolute Gasteiger partial charge is 0.160 e. The predicted octanol–water partition coefficient (Wildman–Crippen LogP) is 13.6. The number of rotatable bonds is 5. The molecule has 0 amide bonds. The maximum atomic E-state index is 6.27. The van der Waals surface area contributed by atoms with Gasteiger partial charge in [-0.25, -0.2) is 9.97 Å². The van der Waals surface area contributed by atoms with Crippen LogP contribution in [-0.2, 0) is 0 Å². The van der Waals surface area contributed by atoms with Gasteiger partial charge in [-0.05, 0) is 84.9 Å². The minimum atomic E-state index is 0.667. The van der Waals surface area contributed by atoms with E-state index in [-0.39, 0.29) is 0 Å². The van der Waals surface area contributed by atoms with Crippen LogP contribution < -0.4 is 0 Å². The first-order valence-electron chi connectivity index (χ1n) is 19.2. The Morgan fingerprint density at radius 1 is 0.333 bits per heavy atom. The fourth-order valence-corrected chi connectivity index (χ4v) is 8.78. The van der Waals surface area contributed by atoms with E-state index in [9.17, 15) is 0 Å². The van der Waals surface area contributed by atoms with Gasteiger partial charge < -0.3 is 13.6 Å². The van der Waals surface area contributed by atoms with E-state index in [1.54, 1.807) is 0 Å². The Morgan fingerprint density at radius 2 is 0.842 bits per heavy atom. The van der Waals surface area contributed by atoms with Crippen LogP contribution in [0.15, 0.2) is 199 Å². The van der Waals surface area contributed by atoms with Gasteiger partial charge in [0.1, 0.15) is 11.2 Å². The molecule has 0 radical (unpaired) electrons. The van der Waals surface area contributed by atoms with Gasteiger partial charge in [0.25, 0.3) is 0 Å². The Balaban J connectivity index is 1.02. The highest BCUT2D eigenvalue weighted by atomic mass is 16.3. The predicted molar refractivity (Wildman–Crippen MR) is 234 cm³/mol. The van der Waals surface area contributed by atoms with Gasteiger partial charge in [0.05, 0.1) is 33.5 Å². The number of para-hydroxylation sites is 4. The lowest BCUT2D eigenvalue weighted by molar-refractivity contribution is 0.669. The molecule has 0 aliphatic carbocycles. The van der Waals surface area contributed by atoms with Gasteiger partial charge in [-0.1, -0.05) is 109 Å². The minimum absolute atomic E-state index is 0.667. The standard InChI is InChI=1S/C52H32N4O/c1-3-13-33(14-4-1)42-32-43(35-25-28-39-38-17-9-12-22-48(38)57-49(39)31-35)54-52(53-42)34-23-26-37(27-24-34)56-45-21-11-8-19-41(45)51-47(56)30-29-46-50(51)40-18-7-10-20-44(40)55(46)36-15-5-2-6-16-36/h1-32H. The van der Waals surface area contributed by atoms with Crippen molar-refractivity contribution in [3.63, 3.8) is 0 Å². The van der Waals surface area contributed by atoms with Crippen LogP contribution in [0.2, 0.25) is 0 Å². The molecular formula is C52H32N4O. The maximum absolute atomic E-state index is 6.27. The number of aromatic nitrogens is 4. The molecule has 0 bridgehead atoms. The molecule has 5 heteroatoms. The second-order valence-corrected chi connectivity index (χ2v) is 14.6. The van der Waals surface area contributed by atoms with Crippen LogP contribution in [0.4, 0.5) is 0 Å². The number of nitrogens with zero attached hydrogens (tertiary/aromatic N) is 4. The molecule has 0 atom stereocenters. The van der Waals surface area contributed by atoms with Crippen molar-refractivity contribution in [3.05, 3.63) is 194 Å². The lowest BCUT2D eigenvalue weighted by Crippen LogP contribution is -1.97. The van der Waals surface area contributed by atoms with E-state index < -0.39 is 0 Å². The molecule has 0 unspecified atom stereocenters. The van der Waals surface area contributed by atoms with Crippen LogP contribution in [-0.4, -0.2) is 19.1 Å². The average molecular weight is 729 g/mol. The van der Waals surface area contributed by atoms with E-state index in [1.165, 1.54) is 32.6 Å². The topological polar surface area (TPSA) is 48.8 Å². The summed E-state index contributed by atoms with van der Waals surface area (Å²) in [5.41, 5.74) is 13.3. The van der Waals surface area contributed by atoms with E-state index in [0.717, 1.165) is 72.4 Å². The maximum Gasteiger partial charge on any atom is 0.160 e. The third kappa shape index (κ3) is 4.89. The first kappa shape index (κ1) is 31.6. The van der Waals surface area contributed by atoms with Crippen molar-refractivity contribution in [3.8, 4) is 45.3 Å². The van der Waals surface area contributed by atoms with E-state index in [1.807, 2.05) is 36.4 Å². The lowest BCUT2D eigenvalue weighted by atomic mass is 10.0. The molecule has 0 aliphatic heterocycles. The Hall–Kier alpha value is -7.76. The highest BCUT2D eigenvalue weighted by Gasteiger charge is 2.21. The minimum Gasteiger partial charge on any atom is -0.456 e. The Labute approximate surface area is 327 Å². The van der Waals surface area contributed by atoms with Crippen LogP contribution in [0.3, 0.4) is 0 Å². The summed E-state index contributed by atoms with van der Waals surface area (Å²) in [4.78, 5) is 10.3. The number of hydrogen-bond acceptors (Lipinski definition) is 3. The third-order valence-electron chi connectivity index (χ3n) is 11.3. The Bertz CT molecular complexity index is 3500. The number of hydrogen-bond donors (Lipinski definition) is 0. The molecule has 57 heavy (non-hydrogen) atoms. The number of fused-ring (bicyclic) bond motifs is 10. The molecule has 0 fully saturated rings. The summed E-state index contributed by atoms with van der Waals surface area (Å²) in [7, 11) is 0. The SMILES string of the molecule is c1ccc(-c2cc(-c3ccc4c(c3)oc3ccccc34)nc(-c3ccc(-n4c5ccccc5c5c6c7ccccc7n(-c7ccccc7)c6ccc54)cc3)n2)cc1. The summed E-state index contributed by atoms with van der Waals surface area (Å²) < 4.78 is 11.0. The van der Waals surface area contributed by atoms with Crippen molar-refractivity contribution in [1.29, 1.82) is 0 Å². The van der Waals surface area contributed by atoms with Gasteiger partial charge in [-0.15, -0.1) is 0 Å². The first-order valence-corrected chi connectivity index (χ1v) is 19.2. The zero-order chi connectivity index (χ0) is 37.5. The van der Waals surface area contributed by atoms with E-state index in [2.05, 4.69) is 167 Å². The molecule has 266 valence electrons. The monoisotopic (exact) mass is 728 g/mol. The van der Waals surface area contributed by atoms with Crippen LogP contribution in [0.5, 0.6) is 0 Å². The summed E-state index contributed by atoms with van der Waals surface area (Å²) >= 11 is 0. The van der Waals surface area contributed by atoms with Gasteiger partial charge in [0, 0.05) is 60.4 Å². The van der Waals surface area contributed by atoms with Crippen LogP contribution in [0.25, 0.3) is 111 Å². The van der Waals surface area contributed by atoms with Crippen molar-refractivity contribution in [2.24, 2.45) is 0 Å². The summed E-state index contributed by atoms with van der Waals surface area (Å²) in [5.74, 6) is 0.667. The average Bonchev–Trinajstić information content (AvgIpc) is 3.94. The molecule has 12 aromatic rings. The van der Waals surface area contributed by atoms with Crippen LogP contribution >= 0.6 is 0 Å². The van der Waals surface area contributed by atoms with Crippen LogP contribution in [0.1, 0.15) is 0 Å². The lowest BCUT2D eigenvalue weighted by Gasteiger charge is -2.11. The van der Waals surface area contributed by atoms with Gasteiger partial charge in [-0.2, -0.15) is 0 Å². The first-order chi connectivity index (χ1) is 28.3. The third-order valence-corrected chi connectivity index (χ3v) is 11.3. The van der Waals surface area contributed by atoms with Crippen molar-refractivity contribution in [2.75, 3.05) is 0 Å². The van der Waals surface area contributed by atoms with Gasteiger partial charge in [-0.3, -0.25) is 0 Å². The van der Waals surface area contributed by atoms with E-state index >= 15 is 0 Å². The molecule has 0 N–H and O–H groups in total. The highest BCUT2D eigenvalue weighted by molar-refractivity contribution is 6.28. The second-order valence-electron chi connectivity index (χ2n) is 14.6. The van der Waals surface area contributed by atoms with E-state index in [0.29, 0.717) is 5.82 Å². The fraction of sp³-hybridized carbons (Fsp3) is 0.